The maximum Gasteiger partial charge on any atom is 0.296 e. The van der Waals surface area contributed by atoms with E-state index in [4.69, 9.17) is 4.18 Å². The summed E-state index contributed by atoms with van der Waals surface area (Å²) in [6, 6.07) is 13.3. The van der Waals surface area contributed by atoms with Crippen LogP contribution in [0.4, 0.5) is 0 Å². The first-order valence-electron chi connectivity index (χ1n) is 6.22. The van der Waals surface area contributed by atoms with Crippen molar-refractivity contribution in [3.8, 4) is 5.75 Å². The Kier molecular flexibility index (Phi) is 4.42. The first kappa shape index (κ1) is 14.6. The van der Waals surface area contributed by atoms with Crippen molar-refractivity contribution < 1.29 is 17.7 Å². The molecule has 0 radical (unpaired) electrons. The lowest BCUT2D eigenvalue weighted by Gasteiger charge is -2.07. The van der Waals surface area contributed by atoms with Crippen LogP contribution in [0, 0.1) is 6.92 Å². The zero-order valence-corrected chi connectivity index (χ0v) is 11.9. The third kappa shape index (κ3) is 3.59. The van der Waals surface area contributed by atoms with Crippen LogP contribution in [0.25, 0.3) is 0 Å². The SMILES string of the molecule is Cc1ccc(S(=O)(=O)OCCc2ccccc2O)cc1. The zero-order valence-electron chi connectivity index (χ0n) is 11.1. The molecule has 20 heavy (non-hydrogen) atoms. The largest absolute Gasteiger partial charge is 0.508 e. The average molecular weight is 292 g/mol. The highest BCUT2D eigenvalue weighted by molar-refractivity contribution is 7.86. The van der Waals surface area contributed by atoms with Crippen molar-refractivity contribution in [1.82, 2.24) is 0 Å². The molecule has 106 valence electrons. The molecule has 4 nitrogen and oxygen atoms in total. The molecule has 0 aromatic heterocycles. The minimum atomic E-state index is -3.74. The molecule has 5 heteroatoms. The van der Waals surface area contributed by atoms with Gasteiger partial charge in [-0.2, -0.15) is 8.42 Å². The van der Waals surface area contributed by atoms with Crippen molar-refractivity contribution in [3.05, 3.63) is 59.7 Å². The van der Waals surface area contributed by atoms with Crippen LogP contribution >= 0.6 is 0 Å². The number of benzene rings is 2. The fourth-order valence-electron chi connectivity index (χ4n) is 1.76. The van der Waals surface area contributed by atoms with E-state index in [1.807, 2.05) is 6.92 Å². The van der Waals surface area contributed by atoms with Crippen molar-refractivity contribution in [3.63, 3.8) is 0 Å². The molecule has 2 aromatic carbocycles. The Morgan fingerprint density at radius 3 is 2.35 bits per heavy atom. The Hall–Kier alpha value is -1.85. The number of hydrogen-bond donors (Lipinski definition) is 1. The van der Waals surface area contributed by atoms with Crippen LogP contribution in [0.2, 0.25) is 0 Å². The molecule has 0 aliphatic carbocycles. The van der Waals surface area contributed by atoms with E-state index in [2.05, 4.69) is 0 Å². The third-order valence-corrected chi connectivity index (χ3v) is 4.24. The summed E-state index contributed by atoms with van der Waals surface area (Å²) in [6.45, 7) is 1.88. The number of aryl methyl sites for hydroxylation is 1. The van der Waals surface area contributed by atoms with Gasteiger partial charge >= 0.3 is 0 Å². The highest BCUT2D eigenvalue weighted by atomic mass is 32.2. The summed E-state index contributed by atoms with van der Waals surface area (Å²) in [5, 5.41) is 9.58. The van der Waals surface area contributed by atoms with Crippen LogP contribution in [0.1, 0.15) is 11.1 Å². The summed E-state index contributed by atoms with van der Waals surface area (Å²) in [5.41, 5.74) is 1.64. The normalized spacial score (nSPS) is 11.4. The van der Waals surface area contributed by atoms with Crippen LogP contribution < -0.4 is 0 Å². The van der Waals surface area contributed by atoms with Crippen molar-refractivity contribution in [2.45, 2.75) is 18.2 Å². The van der Waals surface area contributed by atoms with E-state index in [1.54, 1.807) is 36.4 Å². The van der Waals surface area contributed by atoms with Gasteiger partial charge in [0.1, 0.15) is 5.75 Å². The van der Waals surface area contributed by atoms with E-state index in [0.29, 0.717) is 12.0 Å². The molecule has 1 N–H and O–H groups in total. The third-order valence-electron chi connectivity index (χ3n) is 2.91. The molecule has 0 aliphatic heterocycles. The Labute approximate surface area is 118 Å². The van der Waals surface area contributed by atoms with Gasteiger partial charge in [0, 0.05) is 6.42 Å². The molecule has 0 atom stereocenters. The van der Waals surface area contributed by atoms with E-state index in [0.717, 1.165) is 5.56 Å². The second kappa shape index (κ2) is 6.07. The molecular weight excluding hydrogens is 276 g/mol. The quantitative estimate of drug-likeness (QED) is 0.861. The Balaban J connectivity index is 2.00. The highest BCUT2D eigenvalue weighted by Gasteiger charge is 2.14. The number of phenolic OH excluding ortho intramolecular Hbond substituents is 1. The standard InChI is InChI=1S/C15H16O4S/c1-12-6-8-14(9-7-12)20(17,18)19-11-10-13-4-2-3-5-15(13)16/h2-9,16H,10-11H2,1H3. The average Bonchev–Trinajstić information content (AvgIpc) is 2.41. The van der Waals surface area contributed by atoms with Crippen molar-refractivity contribution >= 4 is 10.1 Å². The van der Waals surface area contributed by atoms with Gasteiger partial charge in [-0.15, -0.1) is 0 Å². The number of para-hydroxylation sites is 1. The van der Waals surface area contributed by atoms with Gasteiger partial charge in [0.15, 0.2) is 0 Å². The second-order valence-corrected chi connectivity index (χ2v) is 6.08. The molecule has 0 unspecified atom stereocenters. The molecule has 0 saturated carbocycles. The Morgan fingerprint density at radius 1 is 1.05 bits per heavy atom. The minimum absolute atomic E-state index is 0.00617. The monoisotopic (exact) mass is 292 g/mol. The molecule has 0 spiro atoms. The lowest BCUT2D eigenvalue weighted by atomic mass is 10.1. The number of hydrogen-bond acceptors (Lipinski definition) is 4. The van der Waals surface area contributed by atoms with Crippen LogP contribution in [0.5, 0.6) is 5.75 Å². The molecule has 2 aromatic rings. The van der Waals surface area contributed by atoms with E-state index in [9.17, 15) is 13.5 Å². The first-order valence-corrected chi connectivity index (χ1v) is 7.63. The van der Waals surface area contributed by atoms with Gasteiger partial charge in [0.2, 0.25) is 0 Å². The smallest absolute Gasteiger partial charge is 0.296 e. The highest BCUT2D eigenvalue weighted by Crippen LogP contribution is 2.18. The number of phenols is 1. The van der Waals surface area contributed by atoms with Gasteiger partial charge in [-0.25, -0.2) is 0 Å². The van der Waals surface area contributed by atoms with Crippen LogP contribution in [-0.4, -0.2) is 20.1 Å². The van der Waals surface area contributed by atoms with Gasteiger partial charge < -0.3 is 5.11 Å². The fraction of sp³-hybridized carbons (Fsp3) is 0.200. The summed E-state index contributed by atoms with van der Waals surface area (Å²) in [4.78, 5) is 0.139. The molecule has 0 saturated heterocycles. The van der Waals surface area contributed by atoms with Crippen LogP contribution in [0.15, 0.2) is 53.4 Å². The van der Waals surface area contributed by atoms with E-state index in [-0.39, 0.29) is 17.3 Å². The maximum absolute atomic E-state index is 11.9. The Morgan fingerprint density at radius 2 is 1.70 bits per heavy atom. The van der Waals surface area contributed by atoms with Crippen molar-refractivity contribution in [1.29, 1.82) is 0 Å². The molecule has 0 bridgehead atoms. The predicted octanol–water partition coefficient (Wildman–Crippen LogP) is 2.65. The summed E-state index contributed by atoms with van der Waals surface area (Å²) in [5.74, 6) is 0.142. The molecular formula is C15H16O4S. The van der Waals surface area contributed by atoms with E-state index >= 15 is 0 Å². The summed E-state index contributed by atoms with van der Waals surface area (Å²) < 4.78 is 28.8. The van der Waals surface area contributed by atoms with Gasteiger partial charge in [-0.05, 0) is 30.7 Å². The van der Waals surface area contributed by atoms with Crippen molar-refractivity contribution in [2.24, 2.45) is 0 Å². The summed E-state index contributed by atoms with van der Waals surface area (Å²) >= 11 is 0. The van der Waals surface area contributed by atoms with Gasteiger partial charge in [0.25, 0.3) is 10.1 Å². The summed E-state index contributed by atoms with van der Waals surface area (Å²) in [6.07, 6.45) is 0.331. The molecule has 0 heterocycles. The van der Waals surface area contributed by atoms with Crippen LogP contribution in [0.3, 0.4) is 0 Å². The number of rotatable bonds is 5. The molecule has 0 amide bonds. The first-order chi connectivity index (χ1) is 9.49. The fourth-order valence-corrected chi connectivity index (χ4v) is 2.66. The Bertz CT molecular complexity index is 675. The van der Waals surface area contributed by atoms with Gasteiger partial charge in [-0.3, -0.25) is 4.18 Å². The molecule has 0 aliphatic rings. The van der Waals surface area contributed by atoms with E-state index in [1.165, 1.54) is 12.1 Å². The minimum Gasteiger partial charge on any atom is -0.508 e. The topological polar surface area (TPSA) is 63.6 Å². The predicted molar refractivity (Wildman–Crippen MR) is 76.1 cm³/mol. The maximum atomic E-state index is 11.9. The van der Waals surface area contributed by atoms with Gasteiger partial charge in [0.05, 0.1) is 11.5 Å². The number of aromatic hydroxyl groups is 1. The van der Waals surface area contributed by atoms with Crippen LogP contribution in [-0.2, 0) is 20.7 Å². The van der Waals surface area contributed by atoms with Gasteiger partial charge in [-0.1, -0.05) is 35.9 Å². The van der Waals surface area contributed by atoms with Crippen molar-refractivity contribution in [2.75, 3.05) is 6.61 Å². The molecule has 0 fully saturated rings. The second-order valence-electron chi connectivity index (χ2n) is 4.47. The molecule has 2 rings (SSSR count). The summed E-state index contributed by atoms with van der Waals surface area (Å²) in [7, 11) is -3.74. The lowest BCUT2D eigenvalue weighted by molar-refractivity contribution is 0.320. The zero-order chi connectivity index (χ0) is 14.6. The lowest BCUT2D eigenvalue weighted by Crippen LogP contribution is -2.09. The van der Waals surface area contributed by atoms with E-state index < -0.39 is 10.1 Å².